The molecule has 1 aliphatic heterocycles. The summed E-state index contributed by atoms with van der Waals surface area (Å²) in [5.41, 5.74) is 0.114. The maximum Gasteiger partial charge on any atom is 0.416 e. The fourth-order valence-electron chi connectivity index (χ4n) is 3.07. The third-order valence-corrected chi connectivity index (χ3v) is 4.58. The normalized spacial score (nSPS) is 16.9. The molecule has 1 atom stereocenters. The van der Waals surface area contributed by atoms with Crippen molar-refractivity contribution in [3.8, 4) is 5.75 Å². The van der Waals surface area contributed by atoms with Crippen LogP contribution in [0.2, 0.25) is 0 Å². The molecule has 2 aromatic rings. The largest absolute Gasteiger partial charge is 0.497 e. The average molecular weight is 392 g/mol. The summed E-state index contributed by atoms with van der Waals surface area (Å²) in [5.74, 6) is -0.542. The molecule has 1 N–H and O–H groups in total. The molecule has 28 heavy (non-hydrogen) atoms. The number of hydrogen-bond donors (Lipinski definition) is 1. The van der Waals surface area contributed by atoms with Crippen molar-refractivity contribution in [2.45, 2.75) is 19.1 Å². The Morgan fingerprint density at radius 3 is 2.57 bits per heavy atom. The van der Waals surface area contributed by atoms with Crippen molar-refractivity contribution >= 4 is 17.5 Å². The Labute approximate surface area is 160 Å². The van der Waals surface area contributed by atoms with Crippen LogP contribution in [0, 0.1) is 5.92 Å². The number of amides is 2. The zero-order valence-corrected chi connectivity index (χ0v) is 15.1. The van der Waals surface area contributed by atoms with Crippen molar-refractivity contribution < 1.29 is 27.5 Å². The molecule has 0 saturated carbocycles. The van der Waals surface area contributed by atoms with Gasteiger partial charge in [0.1, 0.15) is 5.75 Å². The topological polar surface area (TPSA) is 58.6 Å². The fourth-order valence-corrected chi connectivity index (χ4v) is 3.07. The molecule has 0 bridgehead atoms. The van der Waals surface area contributed by atoms with Crippen LogP contribution in [-0.4, -0.2) is 30.4 Å². The maximum absolute atomic E-state index is 12.8. The van der Waals surface area contributed by atoms with Gasteiger partial charge in [0.15, 0.2) is 0 Å². The second-order valence-electron chi connectivity index (χ2n) is 6.59. The lowest BCUT2D eigenvalue weighted by molar-refractivity contribution is -0.137. The van der Waals surface area contributed by atoms with E-state index < -0.39 is 23.6 Å². The van der Waals surface area contributed by atoms with Gasteiger partial charge in [0, 0.05) is 25.2 Å². The summed E-state index contributed by atoms with van der Waals surface area (Å²) in [6, 6.07) is 11.7. The molecular weight excluding hydrogens is 373 g/mol. The Kier molecular flexibility index (Phi) is 5.58. The molecule has 0 spiro atoms. The number of halogens is 3. The number of ether oxygens (including phenoxy) is 1. The molecule has 2 aromatic carbocycles. The SMILES string of the molecule is COc1ccc(CN2C[C@@H](C(=O)Nc3cccc(C(F)(F)F)c3)CC2=O)cc1. The molecule has 8 heteroatoms. The van der Waals surface area contributed by atoms with Crippen LogP contribution in [0.3, 0.4) is 0 Å². The number of likely N-dealkylation sites (tertiary alicyclic amines) is 1. The van der Waals surface area contributed by atoms with E-state index in [1.54, 1.807) is 24.1 Å². The average Bonchev–Trinajstić information content (AvgIpc) is 3.02. The van der Waals surface area contributed by atoms with Crippen molar-refractivity contribution in [2.24, 2.45) is 5.92 Å². The summed E-state index contributed by atoms with van der Waals surface area (Å²) >= 11 is 0. The minimum atomic E-state index is -4.49. The summed E-state index contributed by atoms with van der Waals surface area (Å²) in [7, 11) is 1.56. The molecule has 5 nitrogen and oxygen atoms in total. The molecule has 0 aromatic heterocycles. The van der Waals surface area contributed by atoms with Crippen molar-refractivity contribution in [3.63, 3.8) is 0 Å². The molecular formula is C20H19F3N2O3. The van der Waals surface area contributed by atoms with Crippen LogP contribution in [0.1, 0.15) is 17.5 Å². The van der Waals surface area contributed by atoms with Crippen molar-refractivity contribution in [2.75, 3.05) is 19.0 Å². The Morgan fingerprint density at radius 2 is 1.93 bits per heavy atom. The van der Waals surface area contributed by atoms with E-state index in [2.05, 4.69) is 5.32 Å². The molecule has 3 rings (SSSR count). The summed E-state index contributed by atoms with van der Waals surface area (Å²) in [6.07, 6.45) is -4.46. The molecule has 0 radical (unpaired) electrons. The van der Waals surface area contributed by atoms with Gasteiger partial charge < -0.3 is 15.0 Å². The molecule has 1 saturated heterocycles. The first-order valence-electron chi connectivity index (χ1n) is 8.65. The second-order valence-corrected chi connectivity index (χ2v) is 6.59. The molecule has 1 aliphatic rings. The molecule has 2 amide bonds. The number of carbonyl (C=O) groups is 2. The van der Waals surface area contributed by atoms with Crippen LogP contribution in [0.25, 0.3) is 0 Å². The van der Waals surface area contributed by atoms with Gasteiger partial charge in [0.2, 0.25) is 11.8 Å². The van der Waals surface area contributed by atoms with Crippen LogP contribution >= 0.6 is 0 Å². The fraction of sp³-hybridized carbons (Fsp3) is 0.300. The molecule has 1 heterocycles. The van der Waals surface area contributed by atoms with Gasteiger partial charge in [-0.25, -0.2) is 0 Å². The van der Waals surface area contributed by atoms with Crippen LogP contribution < -0.4 is 10.1 Å². The number of hydrogen-bond acceptors (Lipinski definition) is 3. The summed E-state index contributed by atoms with van der Waals surface area (Å²) in [6.45, 7) is 0.575. The lowest BCUT2D eigenvalue weighted by atomic mass is 10.1. The zero-order valence-electron chi connectivity index (χ0n) is 15.1. The first kappa shape index (κ1) is 19.7. The highest BCUT2D eigenvalue weighted by atomic mass is 19.4. The van der Waals surface area contributed by atoms with E-state index in [0.29, 0.717) is 12.3 Å². The number of benzene rings is 2. The third-order valence-electron chi connectivity index (χ3n) is 4.58. The van der Waals surface area contributed by atoms with Gasteiger partial charge in [0.05, 0.1) is 18.6 Å². The smallest absolute Gasteiger partial charge is 0.416 e. The van der Waals surface area contributed by atoms with Gasteiger partial charge in [-0.3, -0.25) is 9.59 Å². The highest BCUT2D eigenvalue weighted by molar-refractivity contribution is 5.97. The van der Waals surface area contributed by atoms with Crippen LogP contribution in [0.15, 0.2) is 48.5 Å². The summed E-state index contributed by atoms with van der Waals surface area (Å²) in [5, 5.41) is 2.48. The number of alkyl halides is 3. The first-order chi connectivity index (χ1) is 13.3. The van der Waals surface area contributed by atoms with E-state index in [9.17, 15) is 22.8 Å². The van der Waals surface area contributed by atoms with Gasteiger partial charge in [-0.15, -0.1) is 0 Å². The minimum absolute atomic E-state index is 0.0287. The number of nitrogens with one attached hydrogen (secondary N) is 1. The highest BCUT2D eigenvalue weighted by Crippen LogP contribution is 2.31. The van der Waals surface area contributed by atoms with Gasteiger partial charge in [0.25, 0.3) is 0 Å². The summed E-state index contributed by atoms with van der Waals surface area (Å²) in [4.78, 5) is 26.2. The molecule has 148 valence electrons. The zero-order chi connectivity index (χ0) is 20.3. The van der Waals surface area contributed by atoms with Crippen LogP contribution in [-0.2, 0) is 22.3 Å². The van der Waals surface area contributed by atoms with E-state index in [-0.39, 0.29) is 24.6 Å². The van der Waals surface area contributed by atoms with Crippen LogP contribution in [0.5, 0.6) is 5.75 Å². The third kappa shape index (κ3) is 4.62. The van der Waals surface area contributed by atoms with Gasteiger partial charge in [-0.2, -0.15) is 13.2 Å². The lowest BCUT2D eigenvalue weighted by Gasteiger charge is -2.17. The highest BCUT2D eigenvalue weighted by Gasteiger charge is 2.35. The molecule has 0 aliphatic carbocycles. The molecule has 1 fully saturated rings. The monoisotopic (exact) mass is 392 g/mol. The van der Waals surface area contributed by atoms with E-state index in [1.165, 1.54) is 12.1 Å². The van der Waals surface area contributed by atoms with E-state index in [1.807, 2.05) is 12.1 Å². The minimum Gasteiger partial charge on any atom is -0.497 e. The predicted molar refractivity (Wildman–Crippen MR) is 96.6 cm³/mol. The number of carbonyl (C=O) groups excluding carboxylic acids is 2. The van der Waals surface area contributed by atoms with Gasteiger partial charge >= 0.3 is 6.18 Å². The number of rotatable bonds is 5. The lowest BCUT2D eigenvalue weighted by Crippen LogP contribution is -2.28. The number of nitrogens with zero attached hydrogens (tertiary/aromatic N) is 1. The quantitative estimate of drug-likeness (QED) is 0.844. The Balaban J connectivity index is 1.62. The maximum atomic E-state index is 12.8. The van der Waals surface area contributed by atoms with E-state index in [4.69, 9.17) is 4.74 Å². The standard InChI is InChI=1S/C20H19F3N2O3/c1-28-17-7-5-13(6-8-17)11-25-12-14(9-18(25)26)19(27)24-16-4-2-3-15(10-16)20(21,22)23/h2-8,10,14H,9,11-12H2,1H3,(H,24,27)/t14-/m0/s1. The Bertz CT molecular complexity index is 866. The number of anilines is 1. The predicted octanol–water partition coefficient (Wildman–Crippen LogP) is 3.70. The van der Waals surface area contributed by atoms with Gasteiger partial charge in [-0.1, -0.05) is 18.2 Å². The van der Waals surface area contributed by atoms with E-state index >= 15 is 0 Å². The first-order valence-corrected chi connectivity index (χ1v) is 8.65. The Hall–Kier alpha value is -3.03. The molecule has 0 unspecified atom stereocenters. The van der Waals surface area contributed by atoms with Gasteiger partial charge in [-0.05, 0) is 35.9 Å². The second kappa shape index (κ2) is 7.92. The Morgan fingerprint density at radius 1 is 1.21 bits per heavy atom. The van der Waals surface area contributed by atoms with Crippen molar-refractivity contribution in [3.05, 3.63) is 59.7 Å². The summed E-state index contributed by atoms with van der Waals surface area (Å²) < 4.78 is 43.5. The van der Waals surface area contributed by atoms with E-state index in [0.717, 1.165) is 17.7 Å². The number of methoxy groups -OCH3 is 1. The van der Waals surface area contributed by atoms with Crippen LogP contribution in [0.4, 0.5) is 18.9 Å². The van der Waals surface area contributed by atoms with Crippen molar-refractivity contribution in [1.82, 2.24) is 4.90 Å². The van der Waals surface area contributed by atoms with Crippen molar-refractivity contribution in [1.29, 1.82) is 0 Å².